The Morgan fingerprint density at radius 1 is 1.04 bits per heavy atom. The number of methoxy groups -OCH3 is 1. The number of nitrogens with one attached hydrogen (secondary N) is 1. The summed E-state index contributed by atoms with van der Waals surface area (Å²) in [6.07, 6.45) is 3.59. The Bertz CT molecular complexity index is 850. The van der Waals surface area contributed by atoms with Crippen LogP contribution >= 0.6 is 0 Å². The molecule has 1 atom stereocenters. The molecule has 0 radical (unpaired) electrons. The Labute approximate surface area is 163 Å². The van der Waals surface area contributed by atoms with E-state index < -0.39 is 11.6 Å². The van der Waals surface area contributed by atoms with Gasteiger partial charge in [0, 0.05) is 18.6 Å². The molecule has 2 aromatic rings. The Kier molecular flexibility index (Phi) is 5.60. The second kappa shape index (κ2) is 8.13. The third-order valence-corrected chi connectivity index (χ3v) is 5.94. The number of hydrogen-bond donors (Lipinski definition) is 1. The van der Waals surface area contributed by atoms with Gasteiger partial charge in [0.05, 0.1) is 7.11 Å². The van der Waals surface area contributed by atoms with Crippen molar-refractivity contribution in [2.45, 2.75) is 44.3 Å². The molecule has 2 aliphatic rings. The van der Waals surface area contributed by atoms with Crippen molar-refractivity contribution in [1.82, 2.24) is 10.2 Å². The molecule has 1 N–H and O–H groups in total. The highest BCUT2D eigenvalue weighted by Gasteiger charge is 2.29. The fraction of sp³-hybridized carbons (Fsp3) is 0.455. The summed E-state index contributed by atoms with van der Waals surface area (Å²) in [6, 6.07) is 8.34. The molecule has 0 aromatic heterocycles. The molecule has 1 heterocycles. The van der Waals surface area contributed by atoms with E-state index in [0.717, 1.165) is 55.5 Å². The lowest BCUT2D eigenvalue weighted by Gasteiger charge is -2.34. The molecule has 0 bridgehead atoms. The van der Waals surface area contributed by atoms with E-state index in [1.54, 1.807) is 12.1 Å². The maximum absolute atomic E-state index is 14.4. The van der Waals surface area contributed by atoms with Crippen LogP contribution in [0, 0.1) is 17.5 Å². The van der Waals surface area contributed by atoms with Crippen LogP contribution in [-0.2, 0) is 13.0 Å². The Morgan fingerprint density at radius 2 is 1.82 bits per heavy atom. The Hall–Kier alpha value is -2.05. The van der Waals surface area contributed by atoms with Crippen molar-refractivity contribution >= 4 is 0 Å². The summed E-state index contributed by atoms with van der Waals surface area (Å²) in [7, 11) is 1.49. The van der Waals surface area contributed by atoms with E-state index in [1.165, 1.54) is 19.2 Å². The minimum Gasteiger partial charge on any atom is -0.494 e. The van der Waals surface area contributed by atoms with Gasteiger partial charge in [-0.3, -0.25) is 4.90 Å². The normalized spacial score (nSPS) is 20.4. The SMILES string of the molecule is COc1ccc2c(c1F)CC[C@@H]2NC1CCN(Cc2ccc(F)c(F)c2)CC1. The van der Waals surface area contributed by atoms with Gasteiger partial charge < -0.3 is 10.1 Å². The molecule has 0 saturated carbocycles. The predicted octanol–water partition coefficient (Wildman–Crippen LogP) is 4.35. The van der Waals surface area contributed by atoms with Gasteiger partial charge in [-0.1, -0.05) is 12.1 Å². The molecule has 1 aliphatic heterocycles. The molecular formula is C22H25F3N2O. The number of rotatable bonds is 5. The maximum Gasteiger partial charge on any atom is 0.168 e. The number of likely N-dealkylation sites (tertiary alicyclic amines) is 1. The molecule has 1 fully saturated rings. The van der Waals surface area contributed by atoms with Crippen molar-refractivity contribution in [3.63, 3.8) is 0 Å². The van der Waals surface area contributed by atoms with E-state index in [1.807, 2.05) is 6.07 Å². The fourth-order valence-electron chi connectivity index (χ4n) is 4.41. The first-order valence-corrected chi connectivity index (χ1v) is 9.82. The molecule has 1 saturated heterocycles. The number of hydrogen-bond acceptors (Lipinski definition) is 3. The van der Waals surface area contributed by atoms with Gasteiger partial charge in [0.15, 0.2) is 23.2 Å². The van der Waals surface area contributed by atoms with Gasteiger partial charge >= 0.3 is 0 Å². The lowest BCUT2D eigenvalue weighted by molar-refractivity contribution is 0.183. The summed E-state index contributed by atoms with van der Waals surface area (Å²) in [6.45, 7) is 2.42. The van der Waals surface area contributed by atoms with E-state index in [-0.39, 0.29) is 11.9 Å². The van der Waals surface area contributed by atoms with Gasteiger partial charge in [0.2, 0.25) is 0 Å². The van der Waals surface area contributed by atoms with Crippen molar-refractivity contribution in [3.05, 3.63) is 64.5 Å². The summed E-state index contributed by atoms with van der Waals surface area (Å²) in [5.41, 5.74) is 2.61. The zero-order valence-electron chi connectivity index (χ0n) is 16.0. The second-order valence-electron chi connectivity index (χ2n) is 7.71. The molecule has 4 rings (SSSR count). The van der Waals surface area contributed by atoms with Crippen LogP contribution < -0.4 is 10.1 Å². The summed E-state index contributed by atoms with van der Waals surface area (Å²) in [5.74, 6) is -1.52. The third kappa shape index (κ3) is 3.89. The zero-order valence-corrected chi connectivity index (χ0v) is 16.0. The maximum atomic E-state index is 14.4. The number of ether oxygens (including phenoxy) is 1. The highest BCUT2D eigenvalue weighted by atomic mass is 19.2. The predicted molar refractivity (Wildman–Crippen MR) is 102 cm³/mol. The van der Waals surface area contributed by atoms with Crippen molar-refractivity contribution in [2.75, 3.05) is 20.2 Å². The molecule has 6 heteroatoms. The summed E-state index contributed by atoms with van der Waals surface area (Å²) < 4.78 is 46.0. The number of fused-ring (bicyclic) bond motifs is 1. The van der Waals surface area contributed by atoms with E-state index in [2.05, 4.69) is 10.2 Å². The van der Waals surface area contributed by atoms with Gasteiger partial charge in [-0.25, -0.2) is 13.2 Å². The zero-order chi connectivity index (χ0) is 19.7. The topological polar surface area (TPSA) is 24.5 Å². The summed E-state index contributed by atoms with van der Waals surface area (Å²) in [4.78, 5) is 2.26. The van der Waals surface area contributed by atoms with Crippen LogP contribution in [-0.4, -0.2) is 31.1 Å². The van der Waals surface area contributed by atoms with E-state index in [0.29, 0.717) is 18.3 Å². The van der Waals surface area contributed by atoms with Crippen LogP contribution in [0.4, 0.5) is 13.2 Å². The van der Waals surface area contributed by atoms with Crippen molar-refractivity contribution in [1.29, 1.82) is 0 Å². The lowest BCUT2D eigenvalue weighted by atomic mass is 10.0. The first kappa shape index (κ1) is 19.3. The van der Waals surface area contributed by atoms with E-state index in [9.17, 15) is 13.2 Å². The monoisotopic (exact) mass is 390 g/mol. The largest absolute Gasteiger partial charge is 0.494 e. The van der Waals surface area contributed by atoms with Crippen LogP contribution in [0.1, 0.15) is 42.0 Å². The molecule has 0 unspecified atom stereocenters. The Morgan fingerprint density at radius 3 is 2.54 bits per heavy atom. The van der Waals surface area contributed by atoms with Gasteiger partial charge in [-0.05, 0) is 73.7 Å². The molecule has 3 nitrogen and oxygen atoms in total. The molecule has 0 spiro atoms. The van der Waals surface area contributed by atoms with Gasteiger partial charge in [-0.15, -0.1) is 0 Å². The Balaban J connectivity index is 1.32. The second-order valence-corrected chi connectivity index (χ2v) is 7.71. The first-order chi connectivity index (χ1) is 13.5. The highest BCUT2D eigenvalue weighted by Crippen LogP contribution is 2.37. The minimum atomic E-state index is -0.808. The van der Waals surface area contributed by atoms with Crippen LogP contribution in [0.5, 0.6) is 5.75 Å². The molecule has 28 heavy (non-hydrogen) atoms. The lowest BCUT2D eigenvalue weighted by Crippen LogP contribution is -2.43. The van der Waals surface area contributed by atoms with Crippen molar-refractivity contribution in [3.8, 4) is 5.75 Å². The molecular weight excluding hydrogens is 365 g/mol. The average Bonchev–Trinajstić information content (AvgIpc) is 3.10. The van der Waals surface area contributed by atoms with Crippen molar-refractivity contribution in [2.24, 2.45) is 0 Å². The number of halogens is 3. The number of benzene rings is 2. The smallest absolute Gasteiger partial charge is 0.168 e. The van der Waals surface area contributed by atoms with Crippen molar-refractivity contribution < 1.29 is 17.9 Å². The third-order valence-electron chi connectivity index (χ3n) is 5.94. The highest BCUT2D eigenvalue weighted by molar-refractivity contribution is 5.42. The fourth-order valence-corrected chi connectivity index (χ4v) is 4.41. The molecule has 0 amide bonds. The van der Waals surface area contributed by atoms with Gasteiger partial charge in [-0.2, -0.15) is 0 Å². The number of nitrogens with zero attached hydrogens (tertiary/aromatic N) is 1. The van der Waals surface area contributed by atoms with Crippen LogP contribution in [0.3, 0.4) is 0 Å². The summed E-state index contributed by atoms with van der Waals surface area (Å²) >= 11 is 0. The van der Waals surface area contributed by atoms with E-state index >= 15 is 0 Å². The van der Waals surface area contributed by atoms with Crippen LogP contribution in [0.15, 0.2) is 30.3 Å². The molecule has 2 aromatic carbocycles. The quantitative estimate of drug-likeness (QED) is 0.821. The first-order valence-electron chi connectivity index (χ1n) is 9.82. The standard InChI is InChI=1S/C22H25F3N2O/c1-28-21-7-4-16-17(22(21)25)3-6-20(16)26-15-8-10-27(11-9-15)13-14-2-5-18(23)19(24)12-14/h2,4-5,7,12,15,20,26H,3,6,8-11,13H2,1H3/t20-/m0/s1. The average molecular weight is 390 g/mol. The van der Waals surface area contributed by atoms with Gasteiger partial charge in [0.1, 0.15) is 0 Å². The summed E-state index contributed by atoms with van der Waals surface area (Å²) in [5, 5.41) is 3.70. The minimum absolute atomic E-state index is 0.179. The molecule has 1 aliphatic carbocycles. The van der Waals surface area contributed by atoms with Gasteiger partial charge in [0.25, 0.3) is 0 Å². The molecule has 150 valence electrons. The van der Waals surface area contributed by atoms with Crippen LogP contribution in [0.2, 0.25) is 0 Å². The van der Waals surface area contributed by atoms with E-state index in [4.69, 9.17) is 4.74 Å². The number of piperidine rings is 1. The van der Waals surface area contributed by atoms with Crippen LogP contribution in [0.25, 0.3) is 0 Å².